The molecule has 0 saturated carbocycles. The van der Waals surface area contributed by atoms with Gasteiger partial charge in [0.15, 0.2) is 17.5 Å². The van der Waals surface area contributed by atoms with Gasteiger partial charge in [-0.15, -0.1) is 0 Å². The maximum atomic E-state index is 6.17. The fourth-order valence-electron chi connectivity index (χ4n) is 5.54. The van der Waals surface area contributed by atoms with Crippen molar-refractivity contribution in [3.8, 4) is 52.2 Å². The van der Waals surface area contributed by atoms with Gasteiger partial charge in [0.05, 0.1) is 19.8 Å². The molecule has 0 atom stereocenters. The lowest BCUT2D eigenvalue weighted by atomic mass is 10.1. The van der Waals surface area contributed by atoms with Gasteiger partial charge in [0.25, 0.3) is 0 Å². The standard InChI is InChI=1S/C42H42Cl3N15O3/c1-4-7-22-61-40-55-34(43)52-37(58-40)46-28-16-10-25(11-17-28)31-49-32(26-12-18-29(19-13-26)47-38-53-35(44)56-41(59-38)62-23-8-5-2)51-33(50-31)27-14-20-30(21-15-27)48-39-54-36(45)57-42(60-39)63-24-9-6-3/h10-21H,4-9,22-24H2,1-3H3,(H,46,52,55,58)(H,47,53,56,59)(H,48,54,57,60). The molecular formula is C42H42Cl3N15O3. The lowest BCUT2D eigenvalue weighted by Crippen LogP contribution is -2.05. The minimum Gasteiger partial charge on any atom is -0.463 e. The van der Waals surface area contributed by atoms with Crippen molar-refractivity contribution in [2.75, 3.05) is 35.8 Å². The summed E-state index contributed by atoms with van der Waals surface area (Å²) in [7, 11) is 0. The largest absolute Gasteiger partial charge is 0.463 e. The molecule has 4 aromatic heterocycles. The third-order valence-electron chi connectivity index (χ3n) is 8.78. The summed E-state index contributed by atoms with van der Waals surface area (Å²) in [5.74, 6) is 2.04. The SMILES string of the molecule is CCCCOc1nc(Cl)nc(Nc2ccc(-c3nc(-c4ccc(Nc5nc(Cl)nc(OCCCC)n5)cc4)nc(-c4ccc(Nc5nc(Cl)nc(OCCCC)n5)cc4)n3)cc2)n1. The van der Waals surface area contributed by atoms with E-state index < -0.39 is 0 Å². The molecule has 3 aromatic carbocycles. The van der Waals surface area contributed by atoms with Crippen molar-refractivity contribution >= 4 is 69.7 Å². The van der Waals surface area contributed by atoms with Crippen LogP contribution in [-0.4, -0.2) is 79.6 Å². The second-order valence-corrected chi connectivity index (χ2v) is 14.7. The predicted molar refractivity (Wildman–Crippen MR) is 242 cm³/mol. The van der Waals surface area contributed by atoms with Crippen molar-refractivity contribution < 1.29 is 14.2 Å². The van der Waals surface area contributed by atoms with Gasteiger partial charge in [0.2, 0.25) is 33.7 Å². The van der Waals surface area contributed by atoms with Crippen LogP contribution in [0, 0.1) is 0 Å². The molecule has 0 unspecified atom stereocenters. The number of anilines is 6. The molecular weight excluding hydrogens is 869 g/mol. The van der Waals surface area contributed by atoms with Crippen LogP contribution < -0.4 is 30.2 Å². The van der Waals surface area contributed by atoms with Gasteiger partial charge in [-0.3, -0.25) is 0 Å². The zero-order valence-electron chi connectivity index (χ0n) is 34.5. The Morgan fingerprint density at radius 3 is 0.889 bits per heavy atom. The van der Waals surface area contributed by atoms with Gasteiger partial charge < -0.3 is 30.2 Å². The molecule has 0 bridgehead atoms. The third-order valence-corrected chi connectivity index (χ3v) is 9.29. The molecule has 0 amide bonds. The van der Waals surface area contributed by atoms with E-state index in [0.29, 0.717) is 54.4 Å². The molecule has 0 aliphatic rings. The van der Waals surface area contributed by atoms with E-state index in [-0.39, 0.29) is 51.7 Å². The molecule has 0 aliphatic heterocycles. The molecule has 21 heteroatoms. The summed E-state index contributed by atoms with van der Waals surface area (Å²) in [4.78, 5) is 52.6. The Morgan fingerprint density at radius 1 is 0.365 bits per heavy atom. The Labute approximate surface area is 378 Å². The molecule has 63 heavy (non-hydrogen) atoms. The van der Waals surface area contributed by atoms with E-state index in [1.54, 1.807) is 0 Å². The fourth-order valence-corrected chi connectivity index (χ4v) is 6.00. The lowest BCUT2D eigenvalue weighted by molar-refractivity contribution is 0.284. The minimum absolute atomic E-state index is 0.0155. The van der Waals surface area contributed by atoms with Crippen LogP contribution in [0.25, 0.3) is 34.2 Å². The van der Waals surface area contributed by atoms with E-state index in [1.807, 2.05) is 72.8 Å². The topological polar surface area (TPSA) is 218 Å². The highest BCUT2D eigenvalue weighted by Crippen LogP contribution is 2.29. The summed E-state index contributed by atoms with van der Waals surface area (Å²) >= 11 is 18.5. The first-order valence-corrected chi connectivity index (χ1v) is 21.4. The summed E-state index contributed by atoms with van der Waals surface area (Å²) in [6, 6.07) is 22.9. The van der Waals surface area contributed by atoms with Crippen molar-refractivity contribution in [2.24, 2.45) is 0 Å². The van der Waals surface area contributed by atoms with Crippen molar-refractivity contribution in [1.29, 1.82) is 0 Å². The maximum Gasteiger partial charge on any atom is 0.322 e. The van der Waals surface area contributed by atoms with Crippen LogP contribution in [0.2, 0.25) is 15.9 Å². The van der Waals surface area contributed by atoms with Crippen LogP contribution in [0.4, 0.5) is 34.9 Å². The summed E-state index contributed by atoms with van der Waals surface area (Å²) in [6.07, 6.45) is 5.50. The van der Waals surface area contributed by atoms with Gasteiger partial charge in [0, 0.05) is 33.8 Å². The summed E-state index contributed by atoms with van der Waals surface area (Å²) in [5.41, 5.74) is 4.27. The van der Waals surface area contributed by atoms with Crippen LogP contribution in [-0.2, 0) is 0 Å². The molecule has 3 N–H and O–H groups in total. The van der Waals surface area contributed by atoms with Crippen LogP contribution in [0.15, 0.2) is 72.8 Å². The van der Waals surface area contributed by atoms with Crippen molar-refractivity contribution in [1.82, 2.24) is 59.8 Å². The van der Waals surface area contributed by atoms with Crippen molar-refractivity contribution in [3.05, 3.63) is 88.6 Å². The Morgan fingerprint density at radius 2 is 0.635 bits per heavy atom. The monoisotopic (exact) mass is 909 g/mol. The van der Waals surface area contributed by atoms with Gasteiger partial charge >= 0.3 is 18.0 Å². The normalized spacial score (nSPS) is 11.0. The Hall–Kier alpha value is -6.63. The number of rotatable bonds is 21. The van der Waals surface area contributed by atoms with E-state index in [2.05, 4.69) is 81.6 Å². The highest BCUT2D eigenvalue weighted by molar-refractivity contribution is 6.28. The van der Waals surface area contributed by atoms with E-state index in [0.717, 1.165) is 55.2 Å². The van der Waals surface area contributed by atoms with E-state index >= 15 is 0 Å². The maximum absolute atomic E-state index is 6.17. The molecule has 4 heterocycles. The second kappa shape index (κ2) is 21.9. The third kappa shape index (κ3) is 12.9. The number of nitrogens with one attached hydrogen (secondary N) is 3. The minimum atomic E-state index is 0.0155. The van der Waals surface area contributed by atoms with Gasteiger partial charge in [0.1, 0.15) is 0 Å². The highest BCUT2D eigenvalue weighted by Gasteiger charge is 2.15. The Kier molecular flexibility index (Phi) is 15.5. The van der Waals surface area contributed by atoms with Gasteiger partial charge in [-0.25, -0.2) is 15.0 Å². The van der Waals surface area contributed by atoms with E-state index in [4.69, 9.17) is 64.0 Å². The van der Waals surface area contributed by atoms with Crippen LogP contribution in [0.1, 0.15) is 59.3 Å². The highest BCUT2D eigenvalue weighted by atomic mass is 35.5. The zero-order chi connectivity index (χ0) is 44.0. The summed E-state index contributed by atoms with van der Waals surface area (Å²) < 4.78 is 16.9. The Balaban J connectivity index is 1.15. The predicted octanol–water partition coefficient (Wildman–Crippen LogP) is 10.2. The average molecular weight is 911 g/mol. The quantitative estimate of drug-likeness (QED) is 0.0571. The van der Waals surface area contributed by atoms with Crippen molar-refractivity contribution in [3.63, 3.8) is 0 Å². The average Bonchev–Trinajstić information content (AvgIpc) is 3.27. The summed E-state index contributed by atoms with van der Waals surface area (Å²) in [6.45, 7) is 7.63. The zero-order valence-corrected chi connectivity index (χ0v) is 36.8. The smallest absolute Gasteiger partial charge is 0.322 e. The number of halogens is 3. The molecule has 18 nitrogen and oxygen atoms in total. The van der Waals surface area contributed by atoms with Gasteiger partial charge in [-0.2, -0.15) is 44.9 Å². The summed E-state index contributed by atoms with van der Waals surface area (Å²) in [5, 5.41) is 9.54. The van der Waals surface area contributed by atoms with Crippen molar-refractivity contribution in [2.45, 2.75) is 59.3 Å². The first-order valence-electron chi connectivity index (χ1n) is 20.2. The van der Waals surface area contributed by atoms with Gasteiger partial charge in [-0.1, -0.05) is 40.0 Å². The van der Waals surface area contributed by atoms with Crippen LogP contribution in [0.5, 0.6) is 18.0 Å². The molecule has 0 saturated heterocycles. The molecule has 324 valence electrons. The second-order valence-electron chi connectivity index (χ2n) is 13.7. The molecule has 0 radical (unpaired) electrons. The number of nitrogens with zero attached hydrogens (tertiary/aromatic N) is 12. The number of hydrogen-bond acceptors (Lipinski definition) is 18. The molecule has 7 rings (SSSR count). The molecule has 7 aromatic rings. The molecule has 0 spiro atoms. The van der Waals surface area contributed by atoms with Gasteiger partial charge in [-0.05, 0) is 127 Å². The van der Waals surface area contributed by atoms with Crippen LogP contribution >= 0.6 is 34.8 Å². The number of hydrogen-bond donors (Lipinski definition) is 3. The first-order chi connectivity index (χ1) is 30.7. The lowest BCUT2D eigenvalue weighted by Gasteiger charge is -2.11. The van der Waals surface area contributed by atoms with Crippen LogP contribution in [0.3, 0.4) is 0 Å². The number of aromatic nitrogens is 12. The van der Waals surface area contributed by atoms with E-state index in [1.165, 1.54) is 0 Å². The molecule has 0 fully saturated rings. The number of ether oxygens (including phenoxy) is 3. The Bertz CT molecular complexity index is 2300. The molecule has 0 aliphatic carbocycles. The number of unbranched alkanes of at least 4 members (excludes halogenated alkanes) is 3. The number of benzene rings is 3. The first kappa shape index (κ1) is 44.4. The van der Waals surface area contributed by atoms with E-state index in [9.17, 15) is 0 Å². The fraction of sp³-hybridized carbons (Fsp3) is 0.286.